The van der Waals surface area contributed by atoms with E-state index in [0.29, 0.717) is 11.3 Å². The Bertz CT molecular complexity index is 608. The van der Waals surface area contributed by atoms with Gasteiger partial charge in [0.25, 0.3) is 0 Å². The number of phenols is 1. The van der Waals surface area contributed by atoms with Gasteiger partial charge >= 0.3 is 0 Å². The molecule has 0 aliphatic carbocycles. The van der Waals surface area contributed by atoms with Crippen LogP contribution in [0, 0.1) is 5.92 Å². The average Bonchev–Trinajstić information content (AvgIpc) is 2.40. The van der Waals surface area contributed by atoms with Crippen molar-refractivity contribution in [2.24, 2.45) is 5.92 Å². The molecule has 1 aliphatic rings. The van der Waals surface area contributed by atoms with Crippen LogP contribution in [0.2, 0.25) is 0 Å². The Morgan fingerprint density at radius 2 is 1.95 bits per heavy atom. The minimum absolute atomic E-state index is 0.0933. The highest BCUT2D eigenvalue weighted by atomic mass is 16.6. The van der Waals surface area contributed by atoms with E-state index in [-0.39, 0.29) is 11.7 Å². The van der Waals surface area contributed by atoms with Gasteiger partial charge in [0.15, 0.2) is 0 Å². The van der Waals surface area contributed by atoms with E-state index < -0.39 is 5.79 Å². The number of hydrogen-bond acceptors (Lipinski definition) is 3. The zero-order valence-corrected chi connectivity index (χ0v) is 10.7. The summed E-state index contributed by atoms with van der Waals surface area (Å²) in [4.78, 5) is 0. The number of fused-ring (bicyclic) bond motifs is 1. The Kier molecular flexibility index (Phi) is 2.72. The van der Waals surface area contributed by atoms with E-state index in [2.05, 4.69) is 0 Å². The van der Waals surface area contributed by atoms with Gasteiger partial charge in [-0.3, -0.25) is 0 Å². The fourth-order valence-electron chi connectivity index (χ4n) is 2.58. The summed E-state index contributed by atoms with van der Waals surface area (Å²) < 4.78 is 5.82. The van der Waals surface area contributed by atoms with Crippen LogP contribution in [0.1, 0.15) is 18.1 Å². The lowest BCUT2D eigenvalue weighted by atomic mass is 9.85. The number of benzene rings is 2. The molecule has 3 nitrogen and oxygen atoms in total. The number of aromatic hydroxyl groups is 1. The standard InChI is InChI=1S/C16H16O3/c1-11-9-12-5-2-3-8-15(12)19-16(11,18)13-6-4-7-14(17)10-13/h2-8,10-11,17-18H,9H2,1H3. The second kappa shape index (κ2) is 4.28. The van der Waals surface area contributed by atoms with Gasteiger partial charge in [-0.05, 0) is 30.2 Å². The summed E-state index contributed by atoms with van der Waals surface area (Å²) in [6, 6.07) is 14.3. The van der Waals surface area contributed by atoms with Gasteiger partial charge in [0.05, 0.1) is 0 Å². The molecule has 0 aromatic heterocycles. The smallest absolute Gasteiger partial charge is 0.237 e. The Hall–Kier alpha value is -2.00. The van der Waals surface area contributed by atoms with Crippen molar-refractivity contribution in [3.8, 4) is 11.5 Å². The van der Waals surface area contributed by atoms with Crippen LogP contribution in [0.5, 0.6) is 11.5 Å². The van der Waals surface area contributed by atoms with Gasteiger partial charge in [-0.15, -0.1) is 0 Å². The molecule has 1 aliphatic heterocycles. The van der Waals surface area contributed by atoms with Crippen molar-refractivity contribution in [3.63, 3.8) is 0 Å². The molecule has 3 rings (SSSR count). The van der Waals surface area contributed by atoms with Crippen molar-refractivity contribution in [2.45, 2.75) is 19.1 Å². The van der Waals surface area contributed by atoms with Crippen LogP contribution in [0.4, 0.5) is 0 Å². The summed E-state index contributed by atoms with van der Waals surface area (Å²) >= 11 is 0. The van der Waals surface area contributed by atoms with Crippen LogP contribution in [0.15, 0.2) is 48.5 Å². The lowest BCUT2D eigenvalue weighted by molar-refractivity contribution is -0.191. The maximum Gasteiger partial charge on any atom is 0.237 e. The van der Waals surface area contributed by atoms with Gasteiger partial charge in [0.1, 0.15) is 11.5 Å². The van der Waals surface area contributed by atoms with Gasteiger partial charge < -0.3 is 14.9 Å². The molecule has 0 bridgehead atoms. The lowest BCUT2D eigenvalue weighted by Gasteiger charge is -2.39. The zero-order chi connectivity index (χ0) is 13.5. The summed E-state index contributed by atoms with van der Waals surface area (Å²) in [5, 5.41) is 20.4. The van der Waals surface area contributed by atoms with Crippen LogP contribution in [-0.2, 0) is 12.2 Å². The first-order valence-corrected chi connectivity index (χ1v) is 6.38. The molecule has 0 spiro atoms. The molecule has 19 heavy (non-hydrogen) atoms. The number of rotatable bonds is 1. The molecule has 2 aromatic carbocycles. The van der Waals surface area contributed by atoms with Crippen LogP contribution >= 0.6 is 0 Å². The maximum absolute atomic E-state index is 10.8. The SMILES string of the molecule is CC1Cc2ccccc2OC1(O)c1cccc(O)c1. The largest absolute Gasteiger partial charge is 0.508 e. The van der Waals surface area contributed by atoms with Gasteiger partial charge in [-0.2, -0.15) is 0 Å². The monoisotopic (exact) mass is 256 g/mol. The first-order chi connectivity index (χ1) is 9.09. The molecule has 1 heterocycles. The fraction of sp³-hybridized carbons (Fsp3) is 0.250. The van der Waals surface area contributed by atoms with Crippen molar-refractivity contribution < 1.29 is 14.9 Å². The average molecular weight is 256 g/mol. The van der Waals surface area contributed by atoms with E-state index in [9.17, 15) is 10.2 Å². The van der Waals surface area contributed by atoms with Crippen molar-refractivity contribution >= 4 is 0 Å². The molecule has 0 saturated heterocycles. The molecule has 2 atom stereocenters. The Labute approximate surface area is 112 Å². The zero-order valence-electron chi connectivity index (χ0n) is 10.7. The molecule has 0 amide bonds. The number of hydrogen-bond donors (Lipinski definition) is 2. The third-order valence-electron chi connectivity index (χ3n) is 3.69. The summed E-state index contributed by atoms with van der Waals surface area (Å²) in [5.74, 6) is -0.663. The maximum atomic E-state index is 10.8. The normalized spacial score (nSPS) is 25.5. The van der Waals surface area contributed by atoms with Crippen LogP contribution in [0.25, 0.3) is 0 Å². The van der Waals surface area contributed by atoms with E-state index in [0.717, 1.165) is 12.0 Å². The van der Waals surface area contributed by atoms with Gasteiger partial charge in [-0.25, -0.2) is 0 Å². The van der Waals surface area contributed by atoms with Gasteiger partial charge in [0.2, 0.25) is 5.79 Å². The molecule has 0 saturated carbocycles. The first-order valence-electron chi connectivity index (χ1n) is 6.38. The quantitative estimate of drug-likeness (QED) is 0.825. The number of para-hydroxylation sites is 1. The van der Waals surface area contributed by atoms with E-state index in [1.807, 2.05) is 31.2 Å². The highest BCUT2D eigenvalue weighted by Crippen LogP contribution is 2.41. The minimum Gasteiger partial charge on any atom is -0.508 e. The summed E-state index contributed by atoms with van der Waals surface area (Å²) in [6.07, 6.45) is 0.738. The molecular weight excluding hydrogens is 240 g/mol. The van der Waals surface area contributed by atoms with Gasteiger partial charge in [-0.1, -0.05) is 37.3 Å². The second-order valence-corrected chi connectivity index (χ2v) is 5.06. The van der Waals surface area contributed by atoms with Crippen LogP contribution in [0.3, 0.4) is 0 Å². The molecule has 0 radical (unpaired) electrons. The van der Waals surface area contributed by atoms with Crippen LogP contribution in [-0.4, -0.2) is 10.2 Å². The topological polar surface area (TPSA) is 49.7 Å². The van der Waals surface area contributed by atoms with Crippen molar-refractivity contribution in [3.05, 3.63) is 59.7 Å². The highest BCUT2D eigenvalue weighted by molar-refractivity contribution is 5.39. The predicted molar refractivity (Wildman–Crippen MR) is 71.9 cm³/mol. The predicted octanol–water partition coefficient (Wildman–Crippen LogP) is 2.81. The number of aliphatic hydroxyl groups is 1. The van der Waals surface area contributed by atoms with Gasteiger partial charge in [0, 0.05) is 11.5 Å². The number of phenolic OH excluding ortho intramolecular Hbond substituents is 1. The molecule has 3 heteroatoms. The first kappa shape index (κ1) is 12.1. The Morgan fingerprint density at radius 1 is 1.16 bits per heavy atom. The highest BCUT2D eigenvalue weighted by Gasteiger charge is 2.42. The molecule has 2 N–H and O–H groups in total. The van der Waals surface area contributed by atoms with Crippen molar-refractivity contribution in [1.82, 2.24) is 0 Å². The number of ether oxygens (including phenoxy) is 1. The molecule has 98 valence electrons. The summed E-state index contributed by atoms with van der Waals surface area (Å²) in [6.45, 7) is 1.94. The van der Waals surface area contributed by atoms with Crippen molar-refractivity contribution in [1.29, 1.82) is 0 Å². The minimum atomic E-state index is -1.40. The molecular formula is C16H16O3. The molecule has 0 fully saturated rings. The lowest BCUT2D eigenvalue weighted by Crippen LogP contribution is -2.43. The Morgan fingerprint density at radius 3 is 2.74 bits per heavy atom. The fourth-order valence-corrected chi connectivity index (χ4v) is 2.58. The second-order valence-electron chi connectivity index (χ2n) is 5.06. The summed E-state index contributed by atoms with van der Waals surface area (Å²) in [7, 11) is 0. The Balaban J connectivity index is 2.05. The van der Waals surface area contributed by atoms with E-state index in [1.165, 1.54) is 0 Å². The van der Waals surface area contributed by atoms with E-state index in [1.54, 1.807) is 24.3 Å². The summed E-state index contributed by atoms with van der Waals surface area (Å²) in [5.41, 5.74) is 1.68. The van der Waals surface area contributed by atoms with Crippen LogP contribution < -0.4 is 4.74 Å². The third-order valence-corrected chi connectivity index (χ3v) is 3.69. The molecule has 2 unspecified atom stereocenters. The molecule has 2 aromatic rings. The van der Waals surface area contributed by atoms with Crippen molar-refractivity contribution in [2.75, 3.05) is 0 Å². The van der Waals surface area contributed by atoms with E-state index >= 15 is 0 Å². The van der Waals surface area contributed by atoms with E-state index in [4.69, 9.17) is 4.74 Å². The third kappa shape index (κ3) is 1.96.